The van der Waals surface area contributed by atoms with Crippen LogP contribution < -0.4 is 15.2 Å². The Morgan fingerprint density at radius 3 is 2.67 bits per heavy atom. The maximum Gasteiger partial charge on any atom is 0.250 e. The van der Waals surface area contributed by atoms with E-state index >= 15 is 0 Å². The first-order chi connectivity index (χ1) is 9.97. The summed E-state index contributed by atoms with van der Waals surface area (Å²) in [5, 5.41) is 0. The Kier molecular flexibility index (Phi) is 5.00. The van der Waals surface area contributed by atoms with Gasteiger partial charge in [0.2, 0.25) is 10.0 Å². The van der Waals surface area contributed by atoms with Crippen LogP contribution in [0.2, 0.25) is 0 Å². The van der Waals surface area contributed by atoms with Crippen molar-refractivity contribution in [1.82, 2.24) is 4.72 Å². The van der Waals surface area contributed by atoms with E-state index in [-0.39, 0.29) is 10.8 Å². The Morgan fingerprint density at radius 2 is 2.05 bits per heavy atom. The molecule has 114 valence electrons. The molecule has 21 heavy (non-hydrogen) atoms. The molecule has 2 aromatic rings. The molecule has 0 unspecified atom stereocenters. The third-order valence-corrected chi connectivity index (χ3v) is 6.23. The van der Waals surface area contributed by atoms with Gasteiger partial charge in [-0.05, 0) is 24.6 Å². The Bertz CT molecular complexity index is 724. The number of nitrogens with two attached hydrogens (primary N) is 1. The Morgan fingerprint density at radius 1 is 1.33 bits per heavy atom. The van der Waals surface area contributed by atoms with E-state index in [0.29, 0.717) is 12.3 Å². The van der Waals surface area contributed by atoms with Crippen molar-refractivity contribution in [1.29, 1.82) is 0 Å². The molecule has 0 saturated carbocycles. The molecule has 0 fully saturated rings. The van der Waals surface area contributed by atoms with Crippen molar-refractivity contribution >= 4 is 21.4 Å². The number of benzene rings is 1. The van der Waals surface area contributed by atoms with Gasteiger partial charge >= 0.3 is 0 Å². The number of methoxy groups -OCH3 is 1. The first-order valence-electron chi connectivity index (χ1n) is 6.39. The number of sulfonamides is 1. The lowest BCUT2D eigenvalue weighted by Crippen LogP contribution is -2.22. The monoisotopic (exact) mass is 326 g/mol. The summed E-state index contributed by atoms with van der Waals surface area (Å²) in [6.45, 7) is 2.39. The molecule has 0 radical (unpaired) electrons. The number of hydrogen-bond acceptors (Lipinski definition) is 5. The summed E-state index contributed by atoms with van der Waals surface area (Å²) in [6, 6.07) is 8.95. The normalized spacial score (nSPS) is 11.6. The molecule has 0 aliphatic rings. The largest absolute Gasteiger partial charge is 0.496 e. The lowest BCUT2D eigenvalue weighted by molar-refractivity contribution is 0.409. The van der Waals surface area contributed by atoms with Gasteiger partial charge in [0.15, 0.2) is 0 Å². The van der Waals surface area contributed by atoms with E-state index in [2.05, 4.69) is 4.72 Å². The molecule has 0 bridgehead atoms. The van der Waals surface area contributed by atoms with E-state index in [0.717, 1.165) is 16.0 Å². The predicted molar refractivity (Wildman–Crippen MR) is 84.0 cm³/mol. The van der Waals surface area contributed by atoms with Gasteiger partial charge in [-0.2, -0.15) is 0 Å². The van der Waals surface area contributed by atoms with Crippen molar-refractivity contribution in [2.24, 2.45) is 5.73 Å². The van der Waals surface area contributed by atoms with Gasteiger partial charge in [-0.1, -0.05) is 18.2 Å². The highest BCUT2D eigenvalue weighted by Crippen LogP contribution is 2.26. The maximum atomic E-state index is 12.3. The van der Waals surface area contributed by atoms with Crippen LogP contribution in [-0.2, 0) is 23.1 Å². The summed E-state index contributed by atoms with van der Waals surface area (Å²) < 4.78 is 32.7. The number of para-hydroxylation sites is 1. The average Bonchev–Trinajstić information content (AvgIpc) is 2.87. The quantitative estimate of drug-likeness (QED) is 0.851. The number of rotatable bonds is 6. The van der Waals surface area contributed by atoms with E-state index in [1.54, 1.807) is 19.2 Å². The minimum absolute atomic E-state index is 0.182. The Hall–Kier alpha value is -1.41. The highest BCUT2D eigenvalue weighted by atomic mass is 32.2. The maximum absolute atomic E-state index is 12.3. The van der Waals surface area contributed by atoms with E-state index in [9.17, 15) is 8.42 Å². The molecule has 2 rings (SSSR count). The van der Waals surface area contributed by atoms with Crippen LogP contribution in [0.5, 0.6) is 5.75 Å². The fourth-order valence-corrected chi connectivity index (χ4v) is 4.44. The second kappa shape index (κ2) is 6.57. The SMILES string of the molecule is COc1ccccc1CNS(=O)(=O)c1cc(C)c(CN)s1. The van der Waals surface area contributed by atoms with E-state index < -0.39 is 10.0 Å². The summed E-state index contributed by atoms with van der Waals surface area (Å²) in [4.78, 5) is 0.882. The molecule has 0 saturated heterocycles. The fourth-order valence-electron chi connectivity index (χ4n) is 1.92. The molecule has 7 heteroatoms. The molecule has 1 aromatic heterocycles. The smallest absolute Gasteiger partial charge is 0.250 e. The first kappa shape index (κ1) is 16.0. The van der Waals surface area contributed by atoms with Gasteiger partial charge in [0.05, 0.1) is 7.11 Å². The molecule has 0 spiro atoms. The molecule has 0 amide bonds. The van der Waals surface area contributed by atoms with Crippen molar-refractivity contribution in [2.45, 2.75) is 24.2 Å². The summed E-state index contributed by atoms with van der Waals surface area (Å²) in [7, 11) is -1.98. The molecule has 0 aliphatic heterocycles. The molecule has 5 nitrogen and oxygen atoms in total. The number of nitrogens with one attached hydrogen (secondary N) is 1. The van der Waals surface area contributed by atoms with Gasteiger partial charge in [0, 0.05) is 23.5 Å². The van der Waals surface area contributed by atoms with Gasteiger partial charge in [0.25, 0.3) is 0 Å². The lowest BCUT2D eigenvalue weighted by Gasteiger charge is -2.09. The molecule has 3 N–H and O–H groups in total. The van der Waals surface area contributed by atoms with Gasteiger partial charge in [0.1, 0.15) is 9.96 Å². The minimum atomic E-state index is -3.54. The topological polar surface area (TPSA) is 81.4 Å². The van der Waals surface area contributed by atoms with Gasteiger partial charge in [-0.3, -0.25) is 0 Å². The number of aryl methyl sites for hydroxylation is 1. The van der Waals surface area contributed by atoms with Crippen molar-refractivity contribution in [3.8, 4) is 5.75 Å². The van der Waals surface area contributed by atoms with Crippen molar-refractivity contribution in [3.63, 3.8) is 0 Å². The van der Waals surface area contributed by atoms with Crippen LogP contribution in [0.25, 0.3) is 0 Å². The van der Waals surface area contributed by atoms with Crippen molar-refractivity contribution in [3.05, 3.63) is 46.3 Å². The Balaban J connectivity index is 2.17. The van der Waals surface area contributed by atoms with Crippen LogP contribution in [-0.4, -0.2) is 15.5 Å². The van der Waals surface area contributed by atoms with Gasteiger partial charge in [-0.15, -0.1) is 11.3 Å². The van der Waals surface area contributed by atoms with Crippen LogP contribution in [0.3, 0.4) is 0 Å². The van der Waals surface area contributed by atoms with Crippen LogP contribution in [0.1, 0.15) is 16.0 Å². The summed E-state index contributed by atoms with van der Waals surface area (Å²) >= 11 is 1.20. The summed E-state index contributed by atoms with van der Waals surface area (Å²) in [5.74, 6) is 0.658. The van der Waals surface area contributed by atoms with E-state index in [1.807, 2.05) is 25.1 Å². The standard InChI is InChI=1S/C14H18N2O3S2/c1-10-7-14(20-13(10)8-15)21(17,18)16-9-11-5-3-4-6-12(11)19-2/h3-7,16H,8-9,15H2,1-2H3. The zero-order valence-electron chi connectivity index (χ0n) is 11.9. The third kappa shape index (κ3) is 3.62. The number of ether oxygens (including phenoxy) is 1. The molecular weight excluding hydrogens is 308 g/mol. The van der Waals surface area contributed by atoms with Gasteiger partial charge < -0.3 is 10.5 Å². The van der Waals surface area contributed by atoms with Crippen LogP contribution in [0.4, 0.5) is 0 Å². The first-order valence-corrected chi connectivity index (χ1v) is 8.69. The lowest BCUT2D eigenvalue weighted by atomic mass is 10.2. The number of hydrogen-bond donors (Lipinski definition) is 2. The number of thiophene rings is 1. The highest BCUT2D eigenvalue weighted by molar-refractivity contribution is 7.91. The third-order valence-electron chi connectivity index (χ3n) is 3.09. The van der Waals surface area contributed by atoms with Crippen molar-refractivity contribution < 1.29 is 13.2 Å². The van der Waals surface area contributed by atoms with Gasteiger partial charge in [-0.25, -0.2) is 13.1 Å². The van der Waals surface area contributed by atoms with Crippen LogP contribution in [0.15, 0.2) is 34.5 Å². The zero-order valence-corrected chi connectivity index (χ0v) is 13.6. The van der Waals surface area contributed by atoms with Crippen molar-refractivity contribution in [2.75, 3.05) is 7.11 Å². The highest BCUT2D eigenvalue weighted by Gasteiger charge is 2.18. The molecule has 1 aromatic carbocycles. The van der Waals surface area contributed by atoms with E-state index in [1.165, 1.54) is 11.3 Å². The average molecular weight is 326 g/mol. The van der Waals surface area contributed by atoms with Crippen LogP contribution in [0, 0.1) is 6.92 Å². The van der Waals surface area contributed by atoms with E-state index in [4.69, 9.17) is 10.5 Å². The zero-order chi connectivity index (χ0) is 15.5. The Labute approximate surface area is 128 Å². The minimum Gasteiger partial charge on any atom is -0.496 e. The molecule has 0 aliphatic carbocycles. The molecule has 1 heterocycles. The molecule has 0 atom stereocenters. The predicted octanol–water partition coefficient (Wildman–Crippen LogP) is 2.00. The summed E-state index contributed by atoms with van der Waals surface area (Å²) in [5.41, 5.74) is 7.28. The second-order valence-corrected chi connectivity index (χ2v) is 7.64. The summed E-state index contributed by atoms with van der Waals surface area (Å²) in [6.07, 6.45) is 0. The van der Waals surface area contributed by atoms with Crippen LogP contribution >= 0.6 is 11.3 Å². The molecular formula is C14H18N2O3S2. The second-order valence-electron chi connectivity index (χ2n) is 4.51. The fraction of sp³-hybridized carbons (Fsp3) is 0.286.